The van der Waals surface area contributed by atoms with Crippen molar-refractivity contribution < 1.29 is 74.4 Å². The number of phenolic OH excluding ortho intramolecular Hbond substituents is 4. The van der Waals surface area contributed by atoms with Gasteiger partial charge in [-0.1, -0.05) is 12.1 Å². The van der Waals surface area contributed by atoms with E-state index in [4.69, 9.17) is 23.7 Å². The summed E-state index contributed by atoms with van der Waals surface area (Å²) in [7, 11) is 0. The van der Waals surface area contributed by atoms with Crippen LogP contribution in [0.15, 0.2) is 42.5 Å². The number of carbonyl (C=O) groups excluding carboxylic acids is 1. The number of esters is 1. The summed E-state index contributed by atoms with van der Waals surface area (Å²) in [6, 6.07) is 7.98. The molecule has 2 aliphatic rings. The molecule has 0 aromatic heterocycles. The topological polar surface area (TPSA) is 245 Å². The lowest BCUT2D eigenvalue weighted by Gasteiger charge is -2.46. The SMILES string of the molecule is C[C@@H]1O[C@@H](OC2[C@@H](O)C(OCCc3ccc(O)c(O)c3)OC(CO)[C@H]2OC(=O)/C=C/c2ccc(O)c(O)c2)[C@H](O)C(O)C1O. The molecule has 15 nitrogen and oxygen atoms in total. The predicted molar refractivity (Wildman–Crippen MR) is 147 cm³/mol. The van der Waals surface area contributed by atoms with Crippen LogP contribution in [0.25, 0.3) is 6.08 Å². The van der Waals surface area contributed by atoms with E-state index >= 15 is 0 Å². The number of ether oxygens (including phenoxy) is 5. The van der Waals surface area contributed by atoms with E-state index in [1.54, 1.807) is 6.07 Å². The lowest BCUT2D eigenvalue weighted by Crippen LogP contribution is -2.65. The Morgan fingerprint density at radius 2 is 1.50 bits per heavy atom. The maximum Gasteiger partial charge on any atom is 0.331 e. The van der Waals surface area contributed by atoms with Crippen molar-refractivity contribution in [1.29, 1.82) is 0 Å². The highest BCUT2D eigenvalue weighted by molar-refractivity contribution is 5.87. The first-order valence-electron chi connectivity index (χ1n) is 13.7. The van der Waals surface area contributed by atoms with E-state index in [9.17, 15) is 50.8 Å². The molecule has 2 fully saturated rings. The summed E-state index contributed by atoms with van der Waals surface area (Å²) < 4.78 is 28.2. The molecule has 0 amide bonds. The zero-order chi connectivity index (χ0) is 32.1. The second kappa shape index (κ2) is 14.5. The van der Waals surface area contributed by atoms with Gasteiger partial charge in [0.2, 0.25) is 0 Å². The number of hydrogen-bond donors (Lipinski definition) is 9. The molecule has 2 aliphatic heterocycles. The van der Waals surface area contributed by atoms with Crippen molar-refractivity contribution in [3.8, 4) is 23.0 Å². The third-order valence-corrected chi connectivity index (χ3v) is 7.27. The molecule has 5 unspecified atom stereocenters. The van der Waals surface area contributed by atoms with E-state index in [0.717, 1.165) is 6.08 Å². The van der Waals surface area contributed by atoms with Gasteiger partial charge < -0.3 is 69.6 Å². The van der Waals surface area contributed by atoms with Crippen molar-refractivity contribution in [2.24, 2.45) is 0 Å². The third kappa shape index (κ3) is 7.76. The fourth-order valence-corrected chi connectivity index (χ4v) is 4.76. The van der Waals surface area contributed by atoms with Gasteiger partial charge in [-0.25, -0.2) is 4.79 Å². The Balaban J connectivity index is 1.52. The lowest BCUT2D eigenvalue weighted by molar-refractivity contribution is -0.357. The van der Waals surface area contributed by atoms with Gasteiger partial charge in [-0.2, -0.15) is 0 Å². The quantitative estimate of drug-likeness (QED) is 0.0873. The number of carbonyl (C=O) groups is 1. The number of aliphatic hydroxyl groups excluding tert-OH is 5. The highest BCUT2D eigenvalue weighted by Gasteiger charge is 2.52. The van der Waals surface area contributed by atoms with E-state index in [1.165, 1.54) is 43.3 Å². The first kappa shape index (κ1) is 33.4. The first-order valence-corrected chi connectivity index (χ1v) is 13.7. The molecule has 2 saturated heterocycles. The predicted octanol–water partition coefficient (Wildman–Crippen LogP) is -1.02. The minimum atomic E-state index is -1.77. The summed E-state index contributed by atoms with van der Waals surface area (Å²) >= 11 is 0. The molecule has 0 spiro atoms. The van der Waals surface area contributed by atoms with Gasteiger partial charge in [0, 0.05) is 6.08 Å². The first-order chi connectivity index (χ1) is 20.9. The van der Waals surface area contributed by atoms with Gasteiger partial charge in [0.05, 0.1) is 19.3 Å². The second-order valence-electron chi connectivity index (χ2n) is 10.4. The van der Waals surface area contributed by atoms with E-state index in [-0.39, 0.29) is 30.3 Å². The van der Waals surface area contributed by atoms with Crippen molar-refractivity contribution >= 4 is 12.0 Å². The van der Waals surface area contributed by atoms with Crippen LogP contribution in [-0.4, -0.2) is 127 Å². The van der Waals surface area contributed by atoms with Crippen molar-refractivity contribution in [2.75, 3.05) is 13.2 Å². The molecular weight excluding hydrogens is 588 g/mol. The van der Waals surface area contributed by atoms with Crippen molar-refractivity contribution in [3.05, 3.63) is 53.6 Å². The van der Waals surface area contributed by atoms with Crippen LogP contribution in [0.2, 0.25) is 0 Å². The minimum absolute atomic E-state index is 0.0754. The van der Waals surface area contributed by atoms with Crippen LogP contribution >= 0.6 is 0 Å². The van der Waals surface area contributed by atoms with Crippen molar-refractivity contribution in [1.82, 2.24) is 0 Å². The van der Waals surface area contributed by atoms with Crippen molar-refractivity contribution in [2.45, 2.75) is 74.8 Å². The molecule has 0 radical (unpaired) electrons. The summed E-state index contributed by atoms with van der Waals surface area (Å²) in [6.07, 6.45) is -12.6. The molecule has 2 aromatic rings. The fraction of sp³-hybridized carbons (Fsp3) is 0.483. The molecule has 2 aromatic carbocycles. The van der Waals surface area contributed by atoms with Crippen LogP contribution in [-0.2, 0) is 34.9 Å². The Morgan fingerprint density at radius 3 is 2.16 bits per heavy atom. The average Bonchev–Trinajstić information content (AvgIpc) is 2.99. The van der Waals surface area contributed by atoms with Crippen LogP contribution in [0.4, 0.5) is 0 Å². The van der Waals surface area contributed by atoms with Crippen LogP contribution in [0.1, 0.15) is 18.1 Å². The van der Waals surface area contributed by atoms with Gasteiger partial charge >= 0.3 is 5.97 Å². The van der Waals surface area contributed by atoms with Crippen LogP contribution < -0.4 is 0 Å². The maximum atomic E-state index is 12.8. The summed E-state index contributed by atoms with van der Waals surface area (Å²) in [5.74, 6) is -2.40. The highest BCUT2D eigenvalue weighted by atomic mass is 16.7. The van der Waals surface area contributed by atoms with E-state index in [1.807, 2.05) is 0 Å². The monoisotopic (exact) mass is 624 g/mol. The largest absolute Gasteiger partial charge is 0.504 e. The molecule has 9 N–H and O–H groups in total. The smallest absolute Gasteiger partial charge is 0.331 e. The summed E-state index contributed by atoms with van der Waals surface area (Å²) in [4.78, 5) is 12.8. The molecule has 0 saturated carbocycles. The lowest BCUT2D eigenvalue weighted by atomic mass is 9.97. The van der Waals surface area contributed by atoms with Crippen LogP contribution in [0.3, 0.4) is 0 Å². The molecule has 10 atom stereocenters. The molecular formula is C29H36O15. The normalized spacial score (nSPS) is 32.5. The van der Waals surface area contributed by atoms with E-state index in [0.29, 0.717) is 11.1 Å². The second-order valence-corrected chi connectivity index (χ2v) is 10.4. The van der Waals surface area contributed by atoms with Gasteiger partial charge in [0.25, 0.3) is 0 Å². The number of aliphatic hydroxyl groups is 5. The number of benzene rings is 2. The summed E-state index contributed by atoms with van der Waals surface area (Å²) in [5.41, 5.74) is 0.914. The number of aromatic hydroxyl groups is 4. The zero-order valence-corrected chi connectivity index (χ0v) is 23.5. The summed E-state index contributed by atoms with van der Waals surface area (Å²) in [6.45, 7) is 0.606. The number of phenols is 4. The van der Waals surface area contributed by atoms with Gasteiger partial charge in [0.15, 0.2) is 41.7 Å². The molecule has 0 bridgehead atoms. The van der Waals surface area contributed by atoms with E-state index in [2.05, 4.69) is 0 Å². The zero-order valence-electron chi connectivity index (χ0n) is 23.5. The standard InChI is InChI=1S/C29H36O15/c1-13-22(36)23(37)24(38)29(41-13)44-27-25(39)28(40-9-8-15-3-6-17(32)19(34)11-15)42-20(12-30)26(27)43-21(35)7-4-14-2-5-16(31)18(33)10-14/h2-7,10-11,13,20,22-34,36-39H,8-9,12H2,1H3/b7-4+/t13-,20?,22?,23?,24+,25+,26+,27?,28?,29-/m0/s1. The number of hydrogen-bond acceptors (Lipinski definition) is 15. The third-order valence-electron chi connectivity index (χ3n) is 7.27. The molecule has 4 rings (SSSR count). The van der Waals surface area contributed by atoms with Crippen LogP contribution in [0, 0.1) is 0 Å². The molecule has 242 valence electrons. The van der Waals surface area contributed by atoms with Crippen molar-refractivity contribution in [3.63, 3.8) is 0 Å². The van der Waals surface area contributed by atoms with Gasteiger partial charge in [0.1, 0.15) is 36.6 Å². The van der Waals surface area contributed by atoms with Gasteiger partial charge in [-0.3, -0.25) is 0 Å². The molecule has 44 heavy (non-hydrogen) atoms. The van der Waals surface area contributed by atoms with Gasteiger partial charge in [-0.05, 0) is 54.8 Å². The summed E-state index contributed by atoms with van der Waals surface area (Å²) in [5, 5.41) is 90.5. The maximum absolute atomic E-state index is 12.8. The highest BCUT2D eigenvalue weighted by Crippen LogP contribution is 2.32. The Hall–Kier alpha value is -3.51. The van der Waals surface area contributed by atoms with Gasteiger partial charge in [-0.15, -0.1) is 0 Å². The number of rotatable bonds is 10. The Labute approximate surface area is 251 Å². The van der Waals surface area contributed by atoms with Crippen LogP contribution in [0.5, 0.6) is 23.0 Å². The Morgan fingerprint density at radius 1 is 0.818 bits per heavy atom. The minimum Gasteiger partial charge on any atom is -0.504 e. The Bertz CT molecular complexity index is 1300. The fourth-order valence-electron chi connectivity index (χ4n) is 4.76. The van der Waals surface area contributed by atoms with E-state index < -0.39 is 79.7 Å². The average molecular weight is 625 g/mol. The molecule has 0 aliphatic carbocycles. The molecule has 15 heteroatoms. The Kier molecular flexibility index (Phi) is 11.0. The molecule has 2 heterocycles.